The minimum absolute atomic E-state index is 0.177. The number of nitrogens with two attached hydrogens (primary N) is 1. The van der Waals surface area contributed by atoms with Crippen molar-refractivity contribution in [2.24, 2.45) is 5.84 Å². The standard InChI is InChI=1S/C10H16N2O/c1-3-13-10-6-4-9(5-7-10)8(2)12-11/h4-8,12H,3,11H2,1-2H3/t8-/m0/s1. The molecule has 0 unspecified atom stereocenters. The van der Waals surface area contributed by atoms with Gasteiger partial charge in [-0.1, -0.05) is 12.1 Å². The van der Waals surface area contributed by atoms with Crippen LogP contribution in [0.1, 0.15) is 25.5 Å². The van der Waals surface area contributed by atoms with E-state index in [9.17, 15) is 0 Å². The Balaban J connectivity index is 2.69. The molecule has 0 aliphatic rings. The quantitative estimate of drug-likeness (QED) is 0.546. The molecule has 1 atom stereocenters. The first-order valence-electron chi connectivity index (χ1n) is 4.46. The van der Waals surface area contributed by atoms with Crippen molar-refractivity contribution >= 4 is 0 Å². The van der Waals surface area contributed by atoms with Crippen molar-refractivity contribution in [3.05, 3.63) is 29.8 Å². The van der Waals surface area contributed by atoms with E-state index in [4.69, 9.17) is 10.6 Å². The van der Waals surface area contributed by atoms with Crippen LogP contribution in [-0.2, 0) is 0 Å². The molecule has 1 aromatic rings. The van der Waals surface area contributed by atoms with Gasteiger partial charge in [-0.3, -0.25) is 11.3 Å². The van der Waals surface area contributed by atoms with Crippen molar-refractivity contribution < 1.29 is 4.74 Å². The van der Waals surface area contributed by atoms with E-state index in [1.54, 1.807) is 0 Å². The van der Waals surface area contributed by atoms with Crippen molar-refractivity contribution in [2.75, 3.05) is 6.61 Å². The summed E-state index contributed by atoms with van der Waals surface area (Å²) >= 11 is 0. The summed E-state index contributed by atoms with van der Waals surface area (Å²) in [5, 5.41) is 0. The fourth-order valence-corrected chi connectivity index (χ4v) is 1.12. The fourth-order valence-electron chi connectivity index (χ4n) is 1.12. The Bertz CT molecular complexity index is 246. The summed E-state index contributed by atoms with van der Waals surface area (Å²) in [6, 6.07) is 8.10. The lowest BCUT2D eigenvalue weighted by molar-refractivity contribution is 0.340. The number of benzene rings is 1. The van der Waals surface area contributed by atoms with Gasteiger partial charge in [-0.2, -0.15) is 0 Å². The Morgan fingerprint density at radius 1 is 1.38 bits per heavy atom. The molecule has 3 heteroatoms. The maximum Gasteiger partial charge on any atom is 0.119 e. The molecule has 0 saturated heterocycles. The number of hydrazine groups is 1. The molecule has 0 aliphatic carbocycles. The normalized spacial score (nSPS) is 12.5. The Kier molecular flexibility index (Phi) is 3.73. The second-order valence-electron chi connectivity index (χ2n) is 2.89. The van der Waals surface area contributed by atoms with E-state index < -0.39 is 0 Å². The van der Waals surface area contributed by atoms with E-state index in [0.29, 0.717) is 6.61 Å². The predicted octanol–water partition coefficient (Wildman–Crippen LogP) is 1.61. The second-order valence-corrected chi connectivity index (χ2v) is 2.89. The molecule has 0 saturated carbocycles. The van der Waals surface area contributed by atoms with E-state index in [1.165, 1.54) is 0 Å². The molecule has 13 heavy (non-hydrogen) atoms. The maximum absolute atomic E-state index is 5.32. The van der Waals surface area contributed by atoms with Gasteiger partial charge in [0.2, 0.25) is 0 Å². The topological polar surface area (TPSA) is 47.3 Å². The van der Waals surface area contributed by atoms with Crippen LogP contribution in [0.25, 0.3) is 0 Å². The highest BCUT2D eigenvalue weighted by molar-refractivity contribution is 5.28. The first-order chi connectivity index (χ1) is 6.27. The number of rotatable bonds is 4. The molecule has 0 spiro atoms. The monoisotopic (exact) mass is 180 g/mol. The molecule has 0 amide bonds. The predicted molar refractivity (Wildman–Crippen MR) is 53.3 cm³/mol. The van der Waals surface area contributed by atoms with Gasteiger partial charge in [0.15, 0.2) is 0 Å². The van der Waals surface area contributed by atoms with Crippen molar-refractivity contribution in [3.63, 3.8) is 0 Å². The van der Waals surface area contributed by atoms with Gasteiger partial charge < -0.3 is 4.74 Å². The van der Waals surface area contributed by atoms with E-state index in [-0.39, 0.29) is 6.04 Å². The third kappa shape index (κ3) is 2.72. The molecule has 1 rings (SSSR count). The maximum atomic E-state index is 5.32. The molecule has 0 heterocycles. The van der Waals surface area contributed by atoms with Crippen LogP contribution in [0.3, 0.4) is 0 Å². The molecule has 0 bridgehead atoms. The summed E-state index contributed by atoms with van der Waals surface area (Å²) in [6.07, 6.45) is 0. The lowest BCUT2D eigenvalue weighted by atomic mass is 10.1. The van der Waals surface area contributed by atoms with Gasteiger partial charge in [0.25, 0.3) is 0 Å². The number of hydrogen-bond acceptors (Lipinski definition) is 3. The summed E-state index contributed by atoms with van der Waals surface area (Å²) < 4.78 is 5.32. The smallest absolute Gasteiger partial charge is 0.119 e. The van der Waals surface area contributed by atoms with Crippen LogP contribution in [0.15, 0.2) is 24.3 Å². The number of ether oxygens (including phenoxy) is 1. The van der Waals surface area contributed by atoms with Crippen molar-refractivity contribution in [1.29, 1.82) is 0 Å². The summed E-state index contributed by atoms with van der Waals surface area (Å²) in [5.41, 5.74) is 3.85. The molecular weight excluding hydrogens is 164 g/mol. The first kappa shape index (κ1) is 10.0. The van der Waals surface area contributed by atoms with Crippen LogP contribution >= 0.6 is 0 Å². The van der Waals surface area contributed by atoms with Gasteiger partial charge in [0, 0.05) is 6.04 Å². The summed E-state index contributed by atoms with van der Waals surface area (Å²) in [5.74, 6) is 6.22. The molecule has 72 valence electrons. The van der Waals surface area contributed by atoms with Crippen molar-refractivity contribution in [2.45, 2.75) is 19.9 Å². The SMILES string of the molecule is CCOc1ccc([C@H](C)NN)cc1. The van der Waals surface area contributed by atoms with Crippen LogP contribution in [0.4, 0.5) is 0 Å². The highest BCUT2D eigenvalue weighted by Crippen LogP contribution is 2.16. The number of hydrogen-bond donors (Lipinski definition) is 2. The minimum Gasteiger partial charge on any atom is -0.494 e. The van der Waals surface area contributed by atoms with E-state index in [1.807, 2.05) is 38.1 Å². The zero-order valence-corrected chi connectivity index (χ0v) is 8.08. The van der Waals surface area contributed by atoms with Gasteiger partial charge >= 0.3 is 0 Å². The summed E-state index contributed by atoms with van der Waals surface area (Å²) in [4.78, 5) is 0. The Morgan fingerprint density at radius 3 is 2.46 bits per heavy atom. The Morgan fingerprint density at radius 2 is 2.00 bits per heavy atom. The average Bonchev–Trinajstić information content (AvgIpc) is 2.18. The summed E-state index contributed by atoms with van der Waals surface area (Å²) in [6.45, 7) is 4.68. The van der Waals surface area contributed by atoms with E-state index in [2.05, 4.69) is 5.43 Å². The zero-order chi connectivity index (χ0) is 9.68. The molecule has 3 N–H and O–H groups in total. The molecule has 1 aromatic carbocycles. The second kappa shape index (κ2) is 4.84. The highest BCUT2D eigenvalue weighted by atomic mass is 16.5. The van der Waals surface area contributed by atoms with Crippen molar-refractivity contribution in [3.8, 4) is 5.75 Å². The van der Waals surface area contributed by atoms with Crippen LogP contribution < -0.4 is 16.0 Å². The Hall–Kier alpha value is -1.06. The Labute approximate surface area is 78.9 Å². The highest BCUT2D eigenvalue weighted by Gasteiger charge is 2.01. The molecule has 0 fully saturated rings. The molecule has 0 aliphatic heterocycles. The first-order valence-corrected chi connectivity index (χ1v) is 4.46. The van der Waals surface area contributed by atoms with Gasteiger partial charge in [-0.05, 0) is 31.5 Å². The van der Waals surface area contributed by atoms with Crippen LogP contribution in [0, 0.1) is 0 Å². The minimum atomic E-state index is 0.177. The fraction of sp³-hybridized carbons (Fsp3) is 0.400. The largest absolute Gasteiger partial charge is 0.494 e. The van der Waals surface area contributed by atoms with Crippen LogP contribution in [0.5, 0.6) is 5.75 Å². The molecular formula is C10H16N2O. The van der Waals surface area contributed by atoms with Crippen LogP contribution in [0.2, 0.25) is 0 Å². The molecule has 3 nitrogen and oxygen atoms in total. The van der Waals surface area contributed by atoms with E-state index in [0.717, 1.165) is 11.3 Å². The van der Waals surface area contributed by atoms with Crippen molar-refractivity contribution in [1.82, 2.24) is 5.43 Å². The summed E-state index contributed by atoms with van der Waals surface area (Å²) in [7, 11) is 0. The third-order valence-corrected chi connectivity index (χ3v) is 1.94. The molecule has 0 radical (unpaired) electrons. The average molecular weight is 180 g/mol. The third-order valence-electron chi connectivity index (χ3n) is 1.94. The van der Waals surface area contributed by atoms with Crippen LogP contribution in [-0.4, -0.2) is 6.61 Å². The van der Waals surface area contributed by atoms with E-state index >= 15 is 0 Å². The zero-order valence-electron chi connectivity index (χ0n) is 8.08. The van der Waals surface area contributed by atoms with Gasteiger partial charge in [0.05, 0.1) is 6.61 Å². The van der Waals surface area contributed by atoms with Gasteiger partial charge in [-0.15, -0.1) is 0 Å². The lowest BCUT2D eigenvalue weighted by Crippen LogP contribution is -2.25. The lowest BCUT2D eigenvalue weighted by Gasteiger charge is -2.10. The number of nitrogens with one attached hydrogen (secondary N) is 1. The van der Waals surface area contributed by atoms with Gasteiger partial charge in [-0.25, -0.2) is 0 Å². The molecule has 0 aromatic heterocycles. The van der Waals surface area contributed by atoms with Gasteiger partial charge in [0.1, 0.15) is 5.75 Å².